The average Bonchev–Trinajstić information content (AvgIpc) is 1.96. The monoisotopic (exact) mass is 187 g/mol. The highest BCUT2D eigenvalue weighted by molar-refractivity contribution is 6.32. The maximum atomic E-state index is 11.0. The Balaban J connectivity index is 3.91. The first-order chi connectivity index (χ1) is 5.87. The molecule has 0 aliphatic heterocycles. The van der Waals surface area contributed by atoms with Gasteiger partial charge in [0, 0.05) is 6.54 Å². The van der Waals surface area contributed by atoms with E-state index in [1.165, 1.54) is 0 Å². The minimum Gasteiger partial charge on any atom is -0.453 e. The quantitative estimate of drug-likeness (QED) is 0.515. The highest BCUT2D eigenvalue weighted by Crippen LogP contribution is 2.06. The molecule has 0 bridgehead atoms. The first kappa shape index (κ1) is 11.9. The van der Waals surface area contributed by atoms with E-state index in [-0.39, 0.29) is 0 Å². The van der Waals surface area contributed by atoms with Gasteiger partial charge in [-0.2, -0.15) is 0 Å². The molecule has 13 heavy (non-hydrogen) atoms. The predicted octanol–water partition coefficient (Wildman–Crippen LogP) is 0.854. The molecule has 0 saturated heterocycles. The van der Waals surface area contributed by atoms with Crippen LogP contribution in [0.25, 0.3) is 0 Å². The molecule has 0 unspecified atom stereocenters. The normalized spacial score (nSPS) is 10.8. The summed E-state index contributed by atoms with van der Waals surface area (Å²) >= 11 is 0. The zero-order valence-corrected chi connectivity index (χ0v) is 8.64. The van der Waals surface area contributed by atoms with E-state index in [2.05, 4.69) is 5.32 Å². The van der Waals surface area contributed by atoms with Crippen molar-refractivity contribution >= 4 is 11.9 Å². The number of rotatable bonds is 2. The van der Waals surface area contributed by atoms with Crippen molar-refractivity contribution < 1.29 is 14.3 Å². The lowest BCUT2D eigenvalue weighted by Gasteiger charge is -2.18. The van der Waals surface area contributed by atoms with Crippen LogP contribution >= 0.6 is 0 Å². The van der Waals surface area contributed by atoms with Gasteiger partial charge < -0.3 is 10.1 Å². The summed E-state index contributed by atoms with van der Waals surface area (Å²) in [6.45, 7) is 7.57. The number of hydrogen-bond acceptors (Lipinski definition) is 3. The molecule has 1 N–H and O–H groups in total. The Labute approximate surface area is 78.6 Å². The van der Waals surface area contributed by atoms with E-state index in [1.54, 1.807) is 20.8 Å². The molecule has 0 aromatic rings. The Morgan fingerprint density at radius 3 is 2.23 bits per heavy atom. The number of carbonyl (C=O) groups is 2. The van der Waals surface area contributed by atoms with Gasteiger partial charge in [-0.25, -0.2) is 4.79 Å². The van der Waals surface area contributed by atoms with Crippen molar-refractivity contribution in [2.75, 3.05) is 6.54 Å². The summed E-state index contributed by atoms with van der Waals surface area (Å²) in [5.74, 6) is -1.49. The Morgan fingerprint density at radius 1 is 1.31 bits per heavy atom. The third-order valence-electron chi connectivity index (χ3n) is 1.12. The number of carbonyl (C=O) groups excluding carboxylic acids is 2. The van der Waals surface area contributed by atoms with E-state index in [0.29, 0.717) is 6.54 Å². The van der Waals surface area contributed by atoms with Crippen LogP contribution in [0.15, 0.2) is 0 Å². The maximum Gasteiger partial charge on any atom is 0.397 e. The molecule has 0 aliphatic rings. The first-order valence-electron chi connectivity index (χ1n) is 4.38. The number of ether oxygens (including phenoxy) is 1. The van der Waals surface area contributed by atoms with Gasteiger partial charge >= 0.3 is 11.9 Å². The topological polar surface area (TPSA) is 55.4 Å². The van der Waals surface area contributed by atoms with Crippen LogP contribution in [-0.2, 0) is 14.3 Å². The van der Waals surface area contributed by atoms with E-state index in [4.69, 9.17) is 4.74 Å². The van der Waals surface area contributed by atoms with Gasteiger partial charge in [-0.3, -0.25) is 4.79 Å². The predicted molar refractivity (Wildman–Crippen MR) is 49.1 cm³/mol. The fraction of sp³-hybridized carbons (Fsp3) is 0.778. The van der Waals surface area contributed by atoms with E-state index < -0.39 is 17.5 Å². The Kier molecular flexibility index (Phi) is 4.45. The Morgan fingerprint density at radius 2 is 1.85 bits per heavy atom. The zero-order valence-electron chi connectivity index (χ0n) is 8.64. The van der Waals surface area contributed by atoms with E-state index in [9.17, 15) is 9.59 Å². The molecular weight excluding hydrogens is 170 g/mol. The number of amides is 1. The molecule has 0 fully saturated rings. The Bertz CT molecular complexity index is 194. The number of hydrogen-bond donors (Lipinski definition) is 1. The van der Waals surface area contributed by atoms with Gasteiger partial charge in [-0.1, -0.05) is 6.92 Å². The van der Waals surface area contributed by atoms with Gasteiger partial charge in [0.25, 0.3) is 0 Å². The van der Waals surface area contributed by atoms with Crippen LogP contribution in [0, 0.1) is 0 Å². The van der Waals surface area contributed by atoms with Gasteiger partial charge in [-0.15, -0.1) is 0 Å². The molecule has 4 heteroatoms. The van der Waals surface area contributed by atoms with Gasteiger partial charge in [0.2, 0.25) is 0 Å². The van der Waals surface area contributed by atoms with Crippen molar-refractivity contribution in [1.82, 2.24) is 5.32 Å². The summed E-state index contributed by atoms with van der Waals surface area (Å²) in [4.78, 5) is 22.0. The van der Waals surface area contributed by atoms with Gasteiger partial charge in [0.05, 0.1) is 0 Å². The van der Waals surface area contributed by atoms with Crippen LogP contribution in [-0.4, -0.2) is 24.0 Å². The number of nitrogens with one attached hydrogen (secondary N) is 1. The largest absolute Gasteiger partial charge is 0.453 e. The van der Waals surface area contributed by atoms with Crippen molar-refractivity contribution in [3.05, 3.63) is 0 Å². The molecule has 0 aliphatic carbocycles. The van der Waals surface area contributed by atoms with Gasteiger partial charge in [0.15, 0.2) is 0 Å². The molecule has 0 aromatic carbocycles. The van der Waals surface area contributed by atoms with Gasteiger partial charge in [-0.05, 0) is 27.2 Å². The SMILES string of the molecule is CCCNC(=O)C(=O)OC(C)(C)C. The van der Waals surface area contributed by atoms with Crippen LogP contribution in [0.3, 0.4) is 0 Å². The minimum absolute atomic E-state index is 0.498. The molecule has 0 heterocycles. The summed E-state index contributed by atoms with van der Waals surface area (Å²) in [5.41, 5.74) is -0.610. The van der Waals surface area contributed by atoms with E-state index >= 15 is 0 Å². The molecule has 0 aromatic heterocycles. The summed E-state index contributed by atoms with van der Waals surface area (Å²) < 4.78 is 4.85. The standard InChI is InChI=1S/C9H17NO3/c1-5-6-10-7(11)8(12)13-9(2,3)4/h5-6H2,1-4H3,(H,10,11). The summed E-state index contributed by atoms with van der Waals surface area (Å²) in [6, 6.07) is 0. The number of esters is 1. The van der Waals surface area contributed by atoms with Crippen LogP contribution in [0.2, 0.25) is 0 Å². The lowest BCUT2D eigenvalue weighted by molar-refractivity contribution is -0.163. The van der Waals surface area contributed by atoms with Crippen LogP contribution in [0.5, 0.6) is 0 Å². The highest BCUT2D eigenvalue weighted by Gasteiger charge is 2.21. The summed E-state index contributed by atoms with van der Waals surface area (Å²) in [7, 11) is 0. The van der Waals surface area contributed by atoms with Crippen molar-refractivity contribution in [3.63, 3.8) is 0 Å². The molecule has 0 saturated carbocycles. The second-order valence-corrected chi connectivity index (χ2v) is 3.76. The fourth-order valence-corrected chi connectivity index (χ4v) is 0.635. The van der Waals surface area contributed by atoms with Crippen LogP contribution < -0.4 is 5.32 Å². The molecule has 76 valence electrons. The fourth-order valence-electron chi connectivity index (χ4n) is 0.635. The lowest BCUT2D eigenvalue weighted by atomic mass is 10.2. The van der Waals surface area contributed by atoms with E-state index in [1.807, 2.05) is 6.92 Å². The average molecular weight is 187 g/mol. The molecule has 0 rings (SSSR count). The highest BCUT2D eigenvalue weighted by atomic mass is 16.6. The van der Waals surface area contributed by atoms with Gasteiger partial charge in [0.1, 0.15) is 5.60 Å². The van der Waals surface area contributed by atoms with E-state index in [0.717, 1.165) is 6.42 Å². The smallest absolute Gasteiger partial charge is 0.397 e. The third-order valence-corrected chi connectivity index (χ3v) is 1.12. The molecular formula is C9H17NO3. The first-order valence-corrected chi connectivity index (χ1v) is 4.38. The lowest BCUT2D eigenvalue weighted by Crippen LogP contribution is -2.37. The zero-order chi connectivity index (χ0) is 10.5. The van der Waals surface area contributed by atoms with Crippen molar-refractivity contribution in [2.45, 2.75) is 39.7 Å². The third kappa shape index (κ3) is 6.13. The van der Waals surface area contributed by atoms with Crippen LogP contribution in [0.4, 0.5) is 0 Å². The summed E-state index contributed by atoms with van der Waals surface area (Å²) in [6.07, 6.45) is 0.800. The molecule has 1 amide bonds. The molecule has 0 radical (unpaired) electrons. The molecule has 4 nitrogen and oxygen atoms in total. The Hall–Kier alpha value is -1.06. The van der Waals surface area contributed by atoms with Crippen molar-refractivity contribution in [3.8, 4) is 0 Å². The minimum atomic E-state index is -0.819. The maximum absolute atomic E-state index is 11.0. The summed E-state index contributed by atoms with van der Waals surface area (Å²) in [5, 5.41) is 2.44. The molecule has 0 atom stereocenters. The second-order valence-electron chi connectivity index (χ2n) is 3.76. The second kappa shape index (κ2) is 4.84. The molecule has 0 spiro atoms. The van der Waals surface area contributed by atoms with Crippen LogP contribution in [0.1, 0.15) is 34.1 Å². The van der Waals surface area contributed by atoms with Crippen molar-refractivity contribution in [1.29, 1.82) is 0 Å². The van der Waals surface area contributed by atoms with Crippen molar-refractivity contribution in [2.24, 2.45) is 0 Å².